The highest BCUT2D eigenvalue weighted by atomic mass is 16.6. The van der Waals surface area contributed by atoms with Gasteiger partial charge < -0.3 is 4.74 Å². The van der Waals surface area contributed by atoms with Crippen LogP contribution < -0.4 is 0 Å². The van der Waals surface area contributed by atoms with Crippen molar-refractivity contribution in [2.24, 2.45) is 0 Å². The second-order valence-corrected chi connectivity index (χ2v) is 9.08. The Balaban J connectivity index is 2.34. The lowest BCUT2D eigenvalue weighted by Gasteiger charge is -2.35. The minimum absolute atomic E-state index is 0.373. The van der Waals surface area contributed by atoms with E-state index in [-0.39, 0.29) is 5.54 Å². The molecule has 0 spiro atoms. The zero-order chi connectivity index (χ0) is 19.3. The summed E-state index contributed by atoms with van der Waals surface area (Å²) >= 11 is 0. The van der Waals surface area contributed by atoms with Gasteiger partial charge in [0.25, 0.3) is 0 Å². The van der Waals surface area contributed by atoms with E-state index in [0.29, 0.717) is 6.61 Å². The highest BCUT2D eigenvalue weighted by Gasteiger charge is 2.51. The molecule has 0 aliphatic carbocycles. The van der Waals surface area contributed by atoms with Crippen molar-refractivity contribution >= 4 is 0 Å². The molecule has 0 amide bonds. The first-order chi connectivity index (χ1) is 12.5. The fraction of sp³-hybridized carbons (Fsp3) is 1.00. The van der Waals surface area contributed by atoms with E-state index in [1.165, 1.54) is 82.1 Å². The van der Waals surface area contributed by atoms with Gasteiger partial charge in [0.05, 0.1) is 12.1 Å². The van der Waals surface area contributed by atoms with Gasteiger partial charge in [0.15, 0.2) is 0 Å². The average Bonchev–Trinajstić information content (AvgIpc) is 2.85. The maximum absolute atomic E-state index is 13.0. The van der Waals surface area contributed by atoms with Crippen molar-refractivity contribution in [1.29, 1.82) is 0 Å². The molecule has 1 aliphatic heterocycles. The average molecular weight is 369 g/mol. The van der Waals surface area contributed by atoms with Crippen LogP contribution in [0.2, 0.25) is 0 Å². The third-order valence-corrected chi connectivity index (χ3v) is 5.96. The van der Waals surface area contributed by atoms with E-state index in [0.717, 1.165) is 25.7 Å². The molecule has 1 saturated heterocycles. The second kappa shape index (κ2) is 13.1. The van der Waals surface area contributed by atoms with Crippen molar-refractivity contribution in [2.75, 3.05) is 6.61 Å². The molecule has 0 N–H and O–H groups in total. The molecule has 1 rings (SSSR count). The topological polar surface area (TPSA) is 32.4 Å². The monoisotopic (exact) mass is 368 g/mol. The van der Waals surface area contributed by atoms with E-state index in [1.807, 2.05) is 13.8 Å². The molecule has 1 heterocycles. The molecule has 0 unspecified atom stereocenters. The van der Waals surface area contributed by atoms with Gasteiger partial charge in [-0.25, -0.2) is 0 Å². The molecular weight excluding hydrogens is 322 g/mol. The van der Waals surface area contributed by atoms with Gasteiger partial charge in [-0.05, 0) is 39.5 Å². The van der Waals surface area contributed by atoms with Crippen LogP contribution in [-0.4, -0.2) is 22.9 Å². The molecule has 0 aromatic heterocycles. The number of unbranched alkanes of at least 4 members (excludes halogenated alkanes) is 12. The molecule has 3 heteroatoms. The first kappa shape index (κ1) is 23.9. The number of hydrogen-bond donors (Lipinski definition) is 0. The summed E-state index contributed by atoms with van der Waals surface area (Å²) in [5.74, 6) is 0. The highest BCUT2D eigenvalue weighted by molar-refractivity contribution is 4.93. The Morgan fingerprint density at radius 3 is 1.42 bits per heavy atom. The Kier molecular flexibility index (Phi) is 12.1. The van der Waals surface area contributed by atoms with Crippen molar-refractivity contribution in [3.05, 3.63) is 0 Å². The van der Waals surface area contributed by atoms with Gasteiger partial charge in [0.1, 0.15) is 5.72 Å². The van der Waals surface area contributed by atoms with Crippen molar-refractivity contribution in [2.45, 2.75) is 142 Å². The molecule has 0 atom stereocenters. The molecule has 0 aromatic rings. The Bertz CT molecular complexity index is 325. The summed E-state index contributed by atoms with van der Waals surface area (Å²) < 4.78 is 6.17. The molecule has 155 valence electrons. The lowest BCUT2D eigenvalue weighted by Crippen LogP contribution is -2.49. The van der Waals surface area contributed by atoms with Gasteiger partial charge >= 0.3 is 0 Å². The standard InChI is InChI=1S/C23H46NO2/c1-5-7-9-11-13-15-17-19-23(24(25)22(3,4)21-26-23)20-18-16-14-12-10-8-6-2/h5-21H2,1-4H3. The lowest BCUT2D eigenvalue weighted by atomic mass is 9.95. The smallest absolute Gasteiger partial charge is 0.147 e. The molecule has 26 heavy (non-hydrogen) atoms. The highest BCUT2D eigenvalue weighted by Crippen LogP contribution is 2.40. The van der Waals surface area contributed by atoms with E-state index in [4.69, 9.17) is 4.74 Å². The zero-order valence-electron chi connectivity index (χ0n) is 18.3. The lowest BCUT2D eigenvalue weighted by molar-refractivity contribution is -0.296. The van der Waals surface area contributed by atoms with Gasteiger partial charge in [-0.15, -0.1) is 10.3 Å². The normalized spacial score (nSPS) is 19.3. The molecule has 0 saturated carbocycles. The third kappa shape index (κ3) is 8.27. The van der Waals surface area contributed by atoms with Crippen molar-refractivity contribution < 1.29 is 9.94 Å². The first-order valence-electron chi connectivity index (χ1n) is 11.6. The van der Waals surface area contributed by atoms with Crippen LogP contribution in [0.4, 0.5) is 0 Å². The number of hydrogen-bond acceptors (Lipinski definition) is 2. The van der Waals surface area contributed by atoms with E-state index < -0.39 is 5.72 Å². The number of hydroxylamine groups is 2. The van der Waals surface area contributed by atoms with Crippen LogP contribution in [0.15, 0.2) is 0 Å². The summed E-state index contributed by atoms with van der Waals surface area (Å²) in [6.45, 7) is 9.14. The maximum Gasteiger partial charge on any atom is 0.147 e. The summed E-state index contributed by atoms with van der Waals surface area (Å²) in [5, 5.41) is 14.3. The predicted octanol–water partition coefficient (Wildman–Crippen LogP) is 7.42. The summed E-state index contributed by atoms with van der Waals surface area (Å²) in [4.78, 5) is 0. The largest absolute Gasteiger partial charge is 0.356 e. The van der Waals surface area contributed by atoms with Crippen LogP contribution >= 0.6 is 0 Å². The summed E-state index contributed by atoms with van der Waals surface area (Å²) in [7, 11) is 0. The Hall–Kier alpha value is -0.120. The molecule has 3 nitrogen and oxygen atoms in total. The summed E-state index contributed by atoms with van der Waals surface area (Å²) in [6.07, 6.45) is 19.8. The SMILES string of the molecule is CCCCCCCCCC1(CCCCCCCCC)OCC(C)(C)N1[O]. The van der Waals surface area contributed by atoms with Crippen LogP contribution in [0, 0.1) is 0 Å². The molecule has 1 fully saturated rings. The number of nitrogens with zero attached hydrogens (tertiary/aromatic N) is 1. The predicted molar refractivity (Wildman–Crippen MR) is 111 cm³/mol. The van der Waals surface area contributed by atoms with Gasteiger partial charge in [-0.2, -0.15) is 0 Å². The fourth-order valence-electron chi connectivity index (χ4n) is 4.17. The molecule has 0 aromatic carbocycles. The van der Waals surface area contributed by atoms with Gasteiger partial charge in [0.2, 0.25) is 0 Å². The van der Waals surface area contributed by atoms with E-state index >= 15 is 0 Å². The Labute approximate surface area is 163 Å². The van der Waals surface area contributed by atoms with Crippen molar-refractivity contribution in [3.8, 4) is 0 Å². The number of rotatable bonds is 16. The zero-order valence-corrected chi connectivity index (χ0v) is 18.3. The van der Waals surface area contributed by atoms with E-state index in [9.17, 15) is 5.21 Å². The second-order valence-electron chi connectivity index (χ2n) is 9.08. The van der Waals surface area contributed by atoms with E-state index in [1.54, 1.807) is 0 Å². The van der Waals surface area contributed by atoms with Crippen molar-refractivity contribution in [3.63, 3.8) is 0 Å². The van der Waals surface area contributed by atoms with Crippen LogP contribution in [0.25, 0.3) is 0 Å². The molecule has 1 radical (unpaired) electrons. The minimum Gasteiger partial charge on any atom is -0.356 e. The molecular formula is C23H46NO2. The third-order valence-electron chi connectivity index (χ3n) is 5.96. The van der Waals surface area contributed by atoms with Crippen molar-refractivity contribution in [1.82, 2.24) is 5.06 Å². The molecule has 1 aliphatic rings. The van der Waals surface area contributed by atoms with Gasteiger partial charge in [0, 0.05) is 0 Å². The fourth-order valence-corrected chi connectivity index (χ4v) is 4.17. The number of ether oxygens (including phenoxy) is 1. The van der Waals surface area contributed by atoms with Crippen LogP contribution in [-0.2, 0) is 9.94 Å². The Morgan fingerprint density at radius 2 is 1.08 bits per heavy atom. The van der Waals surface area contributed by atoms with Gasteiger partial charge in [-0.1, -0.05) is 90.9 Å². The van der Waals surface area contributed by atoms with E-state index in [2.05, 4.69) is 13.8 Å². The van der Waals surface area contributed by atoms with Crippen LogP contribution in [0.5, 0.6) is 0 Å². The Morgan fingerprint density at radius 1 is 0.692 bits per heavy atom. The summed E-state index contributed by atoms with van der Waals surface area (Å²) in [6, 6.07) is 0. The van der Waals surface area contributed by atoms with Gasteiger partial charge in [-0.3, -0.25) is 0 Å². The van der Waals surface area contributed by atoms with Crippen LogP contribution in [0.1, 0.15) is 130 Å². The molecule has 0 bridgehead atoms. The minimum atomic E-state index is -0.545. The summed E-state index contributed by atoms with van der Waals surface area (Å²) in [5.41, 5.74) is -0.918. The van der Waals surface area contributed by atoms with Crippen LogP contribution in [0.3, 0.4) is 0 Å². The first-order valence-corrected chi connectivity index (χ1v) is 11.6. The maximum atomic E-state index is 13.0. The quantitative estimate of drug-likeness (QED) is 0.265.